The Morgan fingerprint density at radius 3 is 2.50 bits per heavy atom. The predicted molar refractivity (Wildman–Crippen MR) is 51.2 cm³/mol. The van der Waals surface area contributed by atoms with Gasteiger partial charge in [0.25, 0.3) is 0 Å². The lowest BCUT2D eigenvalue weighted by Gasteiger charge is -2.21. The van der Waals surface area contributed by atoms with Gasteiger partial charge >= 0.3 is 0 Å². The zero-order valence-corrected chi connectivity index (χ0v) is 8.34. The summed E-state index contributed by atoms with van der Waals surface area (Å²) in [6.07, 6.45) is 4.98. The highest BCUT2D eigenvalue weighted by Gasteiger charge is 2.42. The van der Waals surface area contributed by atoms with Crippen LogP contribution in [0.3, 0.4) is 0 Å². The maximum absolute atomic E-state index is 9.10. The fourth-order valence-electron chi connectivity index (χ4n) is 1.62. The maximum atomic E-state index is 9.10. The lowest BCUT2D eigenvalue weighted by atomic mass is 10.1. The van der Waals surface area contributed by atoms with Gasteiger partial charge in [0.05, 0.1) is 0 Å². The Morgan fingerprint density at radius 2 is 2.08 bits per heavy atom. The van der Waals surface area contributed by atoms with Crippen molar-refractivity contribution in [1.29, 1.82) is 0 Å². The molecule has 72 valence electrons. The third-order valence-electron chi connectivity index (χ3n) is 2.79. The zero-order valence-electron chi connectivity index (χ0n) is 8.34. The first-order chi connectivity index (χ1) is 5.72. The number of hydrogen-bond donors (Lipinski definition) is 1. The van der Waals surface area contributed by atoms with E-state index in [0.717, 1.165) is 6.54 Å². The van der Waals surface area contributed by atoms with Crippen molar-refractivity contribution in [1.82, 2.24) is 4.90 Å². The molecule has 0 aromatic rings. The highest BCUT2D eigenvalue weighted by Crippen LogP contribution is 2.45. The molecule has 0 aromatic carbocycles. The molecule has 0 saturated heterocycles. The van der Waals surface area contributed by atoms with Crippen molar-refractivity contribution >= 4 is 0 Å². The number of aliphatic hydroxyl groups is 1. The lowest BCUT2D eigenvalue weighted by molar-refractivity contribution is 0.163. The Labute approximate surface area is 75.6 Å². The quantitative estimate of drug-likeness (QED) is 0.654. The third kappa shape index (κ3) is 2.76. The molecule has 1 saturated carbocycles. The molecule has 0 aliphatic heterocycles. The van der Waals surface area contributed by atoms with E-state index in [4.69, 9.17) is 5.11 Å². The summed E-state index contributed by atoms with van der Waals surface area (Å²) in [5.74, 6) is 0. The highest BCUT2D eigenvalue weighted by molar-refractivity contribution is 4.94. The van der Waals surface area contributed by atoms with Crippen molar-refractivity contribution in [3.63, 3.8) is 0 Å². The summed E-state index contributed by atoms with van der Waals surface area (Å²) in [5.41, 5.74) is 0.294. The van der Waals surface area contributed by atoms with Crippen molar-refractivity contribution in [2.45, 2.75) is 32.6 Å². The molecule has 0 atom stereocenters. The molecular formula is C10H21NO. The number of aliphatic hydroxyl groups excluding tert-OH is 1. The summed E-state index contributed by atoms with van der Waals surface area (Å²) < 4.78 is 0. The van der Waals surface area contributed by atoms with Crippen LogP contribution in [0.4, 0.5) is 0 Å². The van der Waals surface area contributed by atoms with Crippen LogP contribution in [-0.4, -0.2) is 36.8 Å². The second kappa shape index (κ2) is 4.24. The molecule has 2 heteroatoms. The van der Waals surface area contributed by atoms with E-state index in [-0.39, 0.29) is 0 Å². The van der Waals surface area contributed by atoms with Crippen LogP contribution in [0.2, 0.25) is 0 Å². The van der Waals surface area contributed by atoms with Gasteiger partial charge in [-0.3, -0.25) is 0 Å². The number of unbranched alkanes of at least 4 members (excludes halogenated alkanes) is 1. The molecule has 2 nitrogen and oxygen atoms in total. The number of nitrogens with zero attached hydrogens (tertiary/aromatic N) is 1. The molecule has 0 spiro atoms. The summed E-state index contributed by atoms with van der Waals surface area (Å²) in [5, 5.41) is 9.10. The van der Waals surface area contributed by atoms with E-state index in [1.807, 2.05) is 0 Å². The van der Waals surface area contributed by atoms with Crippen LogP contribution in [0.25, 0.3) is 0 Å². The lowest BCUT2D eigenvalue weighted by Crippen LogP contribution is -2.29. The van der Waals surface area contributed by atoms with Crippen LogP contribution < -0.4 is 0 Å². The minimum absolute atomic E-state index is 0.294. The largest absolute Gasteiger partial charge is 0.396 e. The Kier molecular flexibility index (Phi) is 3.53. The number of rotatable bonds is 6. The van der Waals surface area contributed by atoms with Gasteiger partial charge in [-0.05, 0) is 32.9 Å². The fraction of sp³-hybridized carbons (Fsp3) is 1.00. The molecule has 0 aromatic heterocycles. The molecule has 0 radical (unpaired) electrons. The Hall–Kier alpha value is -0.0800. The minimum Gasteiger partial charge on any atom is -0.396 e. The van der Waals surface area contributed by atoms with Gasteiger partial charge in [-0.1, -0.05) is 13.3 Å². The summed E-state index contributed by atoms with van der Waals surface area (Å²) in [6.45, 7) is 4.86. The van der Waals surface area contributed by atoms with Crippen molar-refractivity contribution in [3.8, 4) is 0 Å². The SMILES string of the molecule is CCCCN(C)CC1(CO)CC1. The van der Waals surface area contributed by atoms with Gasteiger partial charge in [-0.15, -0.1) is 0 Å². The molecule has 0 unspecified atom stereocenters. The van der Waals surface area contributed by atoms with E-state index < -0.39 is 0 Å². The zero-order chi connectivity index (χ0) is 9.03. The maximum Gasteiger partial charge on any atom is 0.0499 e. The smallest absolute Gasteiger partial charge is 0.0499 e. The first kappa shape index (κ1) is 10.0. The topological polar surface area (TPSA) is 23.5 Å². The second-order valence-electron chi connectivity index (χ2n) is 4.25. The van der Waals surface area contributed by atoms with E-state index in [0.29, 0.717) is 12.0 Å². The molecule has 0 bridgehead atoms. The first-order valence-electron chi connectivity index (χ1n) is 5.02. The summed E-state index contributed by atoms with van der Waals surface area (Å²) in [4.78, 5) is 2.35. The monoisotopic (exact) mass is 171 g/mol. The van der Waals surface area contributed by atoms with E-state index >= 15 is 0 Å². The van der Waals surface area contributed by atoms with Crippen molar-refractivity contribution in [2.75, 3.05) is 26.7 Å². The van der Waals surface area contributed by atoms with Crippen molar-refractivity contribution in [2.24, 2.45) is 5.41 Å². The second-order valence-corrected chi connectivity index (χ2v) is 4.25. The van der Waals surface area contributed by atoms with E-state index in [9.17, 15) is 0 Å². The van der Waals surface area contributed by atoms with Crippen LogP contribution in [0.5, 0.6) is 0 Å². The van der Waals surface area contributed by atoms with Crippen LogP contribution in [0.15, 0.2) is 0 Å². The van der Waals surface area contributed by atoms with Crippen LogP contribution in [0.1, 0.15) is 32.6 Å². The Balaban J connectivity index is 2.13. The van der Waals surface area contributed by atoms with E-state index in [1.165, 1.54) is 32.2 Å². The molecule has 0 heterocycles. The molecule has 1 aliphatic carbocycles. The van der Waals surface area contributed by atoms with Crippen molar-refractivity contribution < 1.29 is 5.11 Å². The predicted octanol–water partition coefficient (Wildman–Crippen LogP) is 1.49. The average Bonchev–Trinajstić information content (AvgIpc) is 2.82. The van der Waals surface area contributed by atoms with Gasteiger partial charge in [-0.25, -0.2) is 0 Å². The molecule has 1 aliphatic rings. The van der Waals surface area contributed by atoms with E-state index in [2.05, 4.69) is 18.9 Å². The van der Waals surface area contributed by atoms with Crippen molar-refractivity contribution in [3.05, 3.63) is 0 Å². The average molecular weight is 171 g/mol. The van der Waals surface area contributed by atoms with Gasteiger partial charge in [0.1, 0.15) is 0 Å². The normalized spacial score (nSPS) is 20.0. The van der Waals surface area contributed by atoms with Crippen LogP contribution in [-0.2, 0) is 0 Å². The Morgan fingerprint density at radius 1 is 1.42 bits per heavy atom. The summed E-state index contributed by atoms with van der Waals surface area (Å²) in [7, 11) is 2.16. The fourth-order valence-corrected chi connectivity index (χ4v) is 1.62. The minimum atomic E-state index is 0.294. The highest BCUT2D eigenvalue weighted by atomic mass is 16.3. The van der Waals surface area contributed by atoms with Crippen LogP contribution in [0, 0.1) is 5.41 Å². The summed E-state index contributed by atoms with van der Waals surface area (Å²) >= 11 is 0. The molecule has 1 fully saturated rings. The van der Waals surface area contributed by atoms with Gasteiger partial charge in [0.15, 0.2) is 0 Å². The molecule has 0 amide bonds. The molecule has 12 heavy (non-hydrogen) atoms. The van der Waals surface area contributed by atoms with Gasteiger partial charge in [0.2, 0.25) is 0 Å². The van der Waals surface area contributed by atoms with Gasteiger partial charge in [0, 0.05) is 18.6 Å². The molecular weight excluding hydrogens is 150 g/mol. The van der Waals surface area contributed by atoms with Gasteiger partial charge in [-0.2, -0.15) is 0 Å². The van der Waals surface area contributed by atoms with Gasteiger partial charge < -0.3 is 10.0 Å². The van der Waals surface area contributed by atoms with E-state index in [1.54, 1.807) is 0 Å². The molecule has 1 N–H and O–H groups in total. The third-order valence-corrected chi connectivity index (χ3v) is 2.79. The van der Waals surface area contributed by atoms with Crippen LogP contribution >= 0.6 is 0 Å². The first-order valence-corrected chi connectivity index (χ1v) is 5.02. The summed E-state index contributed by atoms with van der Waals surface area (Å²) in [6, 6.07) is 0. The molecule has 1 rings (SSSR count). The standard InChI is InChI=1S/C10H21NO/c1-3-4-7-11(2)8-10(9-12)5-6-10/h12H,3-9H2,1-2H3. The number of hydrogen-bond acceptors (Lipinski definition) is 2. The Bertz CT molecular complexity index is 132.